The number of benzene rings is 3. The summed E-state index contributed by atoms with van der Waals surface area (Å²) < 4.78 is 5.84. The van der Waals surface area contributed by atoms with Crippen molar-refractivity contribution in [3.8, 4) is 46.4 Å². The monoisotopic (exact) mass is 379 g/mol. The molecule has 2 heteroatoms. The molecule has 0 atom stereocenters. The van der Waals surface area contributed by atoms with E-state index in [1.807, 2.05) is 36.4 Å². The molecule has 2 nitrogen and oxygen atoms in total. The number of rotatable bonds is 9. The van der Waals surface area contributed by atoms with Gasteiger partial charge in [-0.1, -0.05) is 61.4 Å². The Bertz CT molecular complexity index is 971. The zero-order valence-corrected chi connectivity index (χ0v) is 16.6. The lowest BCUT2D eigenvalue weighted by Crippen LogP contribution is -1.97. The van der Waals surface area contributed by atoms with Crippen LogP contribution in [0.5, 0.6) is 5.75 Å². The smallest absolute Gasteiger partial charge is 0.119 e. The molecule has 0 saturated carbocycles. The molecule has 0 spiro atoms. The maximum absolute atomic E-state index is 8.92. The van der Waals surface area contributed by atoms with Gasteiger partial charge in [-0.3, -0.25) is 0 Å². The third-order valence-corrected chi connectivity index (χ3v) is 4.90. The van der Waals surface area contributed by atoms with Crippen LogP contribution in [0.4, 0.5) is 0 Å². The second-order valence-corrected chi connectivity index (χ2v) is 7.01. The van der Waals surface area contributed by atoms with Crippen molar-refractivity contribution in [1.82, 2.24) is 0 Å². The summed E-state index contributed by atoms with van der Waals surface area (Å²) in [6.07, 6.45) is 10.6. The maximum Gasteiger partial charge on any atom is 0.119 e. The number of hydrogen-bond acceptors (Lipinski definition) is 2. The van der Waals surface area contributed by atoms with Crippen molar-refractivity contribution in [2.75, 3.05) is 6.61 Å². The minimum Gasteiger partial charge on any atom is -0.494 e. The van der Waals surface area contributed by atoms with E-state index in [9.17, 15) is 0 Å². The van der Waals surface area contributed by atoms with E-state index >= 15 is 0 Å². The predicted octanol–water partition coefficient (Wildman–Crippen LogP) is 6.85. The third-order valence-electron chi connectivity index (χ3n) is 4.90. The van der Waals surface area contributed by atoms with Crippen LogP contribution in [0, 0.1) is 23.7 Å². The van der Waals surface area contributed by atoms with Crippen LogP contribution < -0.4 is 4.74 Å². The lowest BCUT2D eigenvalue weighted by Gasteiger charge is -2.08. The van der Waals surface area contributed by atoms with Gasteiger partial charge >= 0.3 is 0 Å². The minimum absolute atomic E-state index is 0.677. The van der Waals surface area contributed by atoms with E-state index in [0.717, 1.165) is 54.7 Å². The zero-order valence-electron chi connectivity index (χ0n) is 16.6. The molecule has 144 valence electrons. The second-order valence-electron chi connectivity index (χ2n) is 7.01. The Morgan fingerprint density at radius 2 is 1.14 bits per heavy atom. The minimum atomic E-state index is 0.677. The maximum atomic E-state index is 8.92. The summed E-state index contributed by atoms with van der Waals surface area (Å²) in [6, 6.07) is 26.5. The molecule has 0 aliphatic rings. The van der Waals surface area contributed by atoms with Gasteiger partial charge in [0.15, 0.2) is 0 Å². The van der Waals surface area contributed by atoms with Crippen LogP contribution in [-0.2, 0) is 0 Å². The average molecular weight is 380 g/mol. The number of nitriles is 1. The van der Waals surface area contributed by atoms with Crippen molar-refractivity contribution in [3.05, 3.63) is 78.4 Å². The zero-order chi connectivity index (χ0) is 20.3. The highest BCUT2D eigenvalue weighted by molar-refractivity contribution is 5.71. The van der Waals surface area contributed by atoms with E-state index in [4.69, 9.17) is 16.4 Å². The van der Waals surface area contributed by atoms with Crippen LogP contribution in [0.3, 0.4) is 0 Å². The van der Waals surface area contributed by atoms with Gasteiger partial charge in [0, 0.05) is 6.42 Å². The molecule has 0 unspecified atom stereocenters. The first kappa shape index (κ1) is 20.2. The van der Waals surface area contributed by atoms with E-state index in [1.54, 1.807) is 0 Å². The van der Waals surface area contributed by atoms with E-state index < -0.39 is 0 Å². The van der Waals surface area contributed by atoms with Gasteiger partial charge in [-0.05, 0) is 59.4 Å². The Hall–Kier alpha value is -3.49. The Morgan fingerprint density at radius 3 is 1.66 bits per heavy atom. The summed E-state index contributed by atoms with van der Waals surface area (Å²) in [5, 5.41) is 8.92. The van der Waals surface area contributed by atoms with Crippen LogP contribution in [0.2, 0.25) is 0 Å². The number of terminal acetylenes is 1. The van der Waals surface area contributed by atoms with Gasteiger partial charge in [0.25, 0.3) is 0 Å². The molecule has 0 amide bonds. The molecule has 3 rings (SSSR count). The lowest BCUT2D eigenvalue weighted by atomic mass is 10.00. The molecule has 0 N–H and O–H groups in total. The largest absolute Gasteiger partial charge is 0.494 e. The van der Waals surface area contributed by atoms with Gasteiger partial charge in [0.05, 0.1) is 18.2 Å². The molecule has 0 aromatic heterocycles. The summed E-state index contributed by atoms with van der Waals surface area (Å²) in [5.41, 5.74) is 5.26. The van der Waals surface area contributed by atoms with Crippen molar-refractivity contribution < 1.29 is 4.74 Å². The van der Waals surface area contributed by atoms with Crippen molar-refractivity contribution in [1.29, 1.82) is 5.26 Å². The quantitative estimate of drug-likeness (QED) is 0.301. The standard InChI is InChI=1S/C27H25NO/c1-2-3-4-5-6-7-20-29-27-18-16-26(17-19-27)25-14-12-24(13-15-25)23-10-8-22(21-28)9-11-23/h1,8-19H,3-7,20H2. The van der Waals surface area contributed by atoms with E-state index in [0.29, 0.717) is 5.56 Å². The van der Waals surface area contributed by atoms with Crippen LogP contribution in [-0.4, -0.2) is 6.61 Å². The summed E-state index contributed by atoms with van der Waals surface area (Å²) in [5.74, 6) is 3.59. The molecule has 0 radical (unpaired) electrons. The SMILES string of the molecule is C#CCCCCCCOc1ccc(-c2ccc(-c3ccc(C#N)cc3)cc2)cc1. The predicted molar refractivity (Wildman–Crippen MR) is 119 cm³/mol. The second kappa shape index (κ2) is 10.7. The van der Waals surface area contributed by atoms with Crippen LogP contribution >= 0.6 is 0 Å². The molecular weight excluding hydrogens is 354 g/mol. The highest BCUT2D eigenvalue weighted by Gasteiger charge is 2.02. The van der Waals surface area contributed by atoms with Crippen molar-refractivity contribution in [2.45, 2.75) is 32.1 Å². The first-order valence-electron chi connectivity index (χ1n) is 10.1. The fourth-order valence-corrected chi connectivity index (χ4v) is 3.21. The molecule has 0 fully saturated rings. The van der Waals surface area contributed by atoms with Crippen molar-refractivity contribution >= 4 is 0 Å². The van der Waals surface area contributed by atoms with Crippen LogP contribution in [0.15, 0.2) is 72.8 Å². The average Bonchev–Trinajstić information content (AvgIpc) is 2.79. The highest BCUT2D eigenvalue weighted by atomic mass is 16.5. The Labute approximate surface area is 173 Å². The number of unbranched alkanes of at least 4 members (excludes halogenated alkanes) is 4. The fraction of sp³-hybridized carbons (Fsp3) is 0.222. The topological polar surface area (TPSA) is 33.0 Å². The lowest BCUT2D eigenvalue weighted by molar-refractivity contribution is 0.305. The van der Waals surface area contributed by atoms with Gasteiger partial charge < -0.3 is 4.74 Å². The summed E-state index contributed by atoms with van der Waals surface area (Å²) in [6.45, 7) is 0.745. The molecular formula is C27H25NO. The number of hydrogen-bond donors (Lipinski definition) is 0. The molecule has 3 aromatic rings. The summed E-state index contributed by atoms with van der Waals surface area (Å²) in [7, 11) is 0. The summed E-state index contributed by atoms with van der Waals surface area (Å²) in [4.78, 5) is 0. The normalized spacial score (nSPS) is 10.1. The van der Waals surface area contributed by atoms with Gasteiger partial charge in [0.1, 0.15) is 5.75 Å². The van der Waals surface area contributed by atoms with E-state index in [2.05, 4.69) is 48.4 Å². The van der Waals surface area contributed by atoms with Crippen molar-refractivity contribution in [2.24, 2.45) is 0 Å². The molecule has 29 heavy (non-hydrogen) atoms. The van der Waals surface area contributed by atoms with Gasteiger partial charge in [-0.25, -0.2) is 0 Å². The highest BCUT2D eigenvalue weighted by Crippen LogP contribution is 2.26. The van der Waals surface area contributed by atoms with Gasteiger partial charge in [0.2, 0.25) is 0 Å². The van der Waals surface area contributed by atoms with Gasteiger partial charge in [-0.15, -0.1) is 12.3 Å². The van der Waals surface area contributed by atoms with E-state index in [-0.39, 0.29) is 0 Å². The van der Waals surface area contributed by atoms with Crippen molar-refractivity contribution in [3.63, 3.8) is 0 Å². The van der Waals surface area contributed by atoms with Crippen LogP contribution in [0.1, 0.15) is 37.7 Å². The molecule has 3 aromatic carbocycles. The molecule has 0 aliphatic carbocycles. The third kappa shape index (κ3) is 6.00. The summed E-state index contributed by atoms with van der Waals surface area (Å²) >= 11 is 0. The molecule has 0 bridgehead atoms. The molecule has 0 aliphatic heterocycles. The first-order valence-corrected chi connectivity index (χ1v) is 10.1. The number of ether oxygens (including phenoxy) is 1. The Kier molecular flexibility index (Phi) is 7.50. The number of nitrogens with zero attached hydrogens (tertiary/aromatic N) is 1. The van der Waals surface area contributed by atoms with Crippen LogP contribution in [0.25, 0.3) is 22.3 Å². The first-order chi connectivity index (χ1) is 14.3. The van der Waals surface area contributed by atoms with Gasteiger partial charge in [-0.2, -0.15) is 5.26 Å². The van der Waals surface area contributed by atoms with E-state index in [1.165, 1.54) is 12.0 Å². The Morgan fingerprint density at radius 1 is 0.655 bits per heavy atom. The Balaban J connectivity index is 1.53. The molecule has 0 saturated heterocycles. The fourth-order valence-electron chi connectivity index (χ4n) is 3.21. The molecule has 0 heterocycles.